The van der Waals surface area contributed by atoms with Gasteiger partial charge in [-0.2, -0.15) is 0 Å². The number of ether oxygens (including phenoxy) is 1. The first-order chi connectivity index (χ1) is 15.4. The van der Waals surface area contributed by atoms with Gasteiger partial charge in [0.2, 0.25) is 0 Å². The summed E-state index contributed by atoms with van der Waals surface area (Å²) in [5.74, 6) is -1.47. The van der Waals surface area contributed by atoms with E-state index < -0.39 is 17.7 Å². The zero-order chi connectivity index (χ0) is 22.8. The van der Waals surface area contributed by atoms with Gasteiger partial charge in [0, 0.05) is 11.2 Å². The van der Waals surface area contributed by atoms with Crippen LogP contribution in [0.3, 0.4) is 0 Å². The largest absolute Gasteiger partial charge is 0.507 e. The maximum Gasteiger partial charge on any atom is 0.296 e. The van der Waals surface area contributed by atoms with E-state index in [-0.39, 0.29) is 23.4 Å². The van der Waals surface area contributed by atoms with Crippen LogP contribution >= 0.6 is 11.6 Å². The van der Waals surface area contributed by atoms with Gasteiger partial charge < -0.3 is 14.7 Å². The number of Topliss-reactive ketones (excluding diaryl/α,β-unsaturated/α-hetero) is 1. The number of aromatic nitrogens is 1. The molecule has 1 aliphatic rings. The first kappa shape index (κ1) is 21.6. The number of methoxy groups -OCH3 is 1. The molecule has 1 unspecified atom stereocenters. The minimum Gasteiger partial charge on any atom is -0.507 e. The van der Waals surface area contributed by atoms with Gasteiger partial charge in [-0.3, -0.25) is 14.6 Å². The van der Waals surface area contributed by atoms with Crippen LogP contribution in [0.25, 0.3) is 5.76 Å². The van der Waals surface area contributed by atoms with E-state index in [1.165, 1.54) is 18.1 Å². The summed E-state index contributed by atoms with van der Waals surface area (Å²) in [7, 11) is 1.46. The number of pyridine rings is 1. The molecular formula is C25H21ClN2O4. The van der Waals surface area contributed by atoms with E-state index in [4.69, 9.17) is 16.3 Å². The Morgan fingerprint density at radius 1 is 1.12 bits per heavy atom. The highest BCUT2D eigenvalue weighted by molar-refractivity contribution is 6.46. The molecule has 0 bridgehead atoms. The van der Waals surface area contributed by atoms with E-state index in [1.54, 1.807) is 30.5 Å². The van der Waals surface area contributed by atoms with E-state index in [0.29, 0.717) is 16.5 Å². The van der Waals surface area contributed by atoms with Gasteiger partial charge in [-0.05, 0) is 48.4 Å². The summed E-state index contributed by atoms with van der Waals surface area (Å²) < 4.78 is 5.36. The van der Waals surface area contributed by atoms with E-state index >= 15 is 0 Å². The van der Waals surface area contributed by atoms with E-state index in [2.05, 4.69) is 4.98 Å². The monoisotopic (exact) mass is 448 g/mol. The zero-order valence-corrected chi connectivity index (χ0v) is 18.3. The van der Waals surface area contributed by atoms with Crippen molar-refractivity contribution in [3.8, 4) is 5.75 Å². The lowest BCUT2D eigenvalue weighted by atomic mass is 9.92. The van der Waals surface area contributed by atoms with Crippen LogP contribution in [0, 0.1) is 6.92 Å². The van der Waals surface area contributed by atoms with E-state index in [9.17, 15) is 14.7 Å². The predicted molar refractivity (Wildman–Crippen MR) is 121 cm³/mol. The normalized spacial score (nSPS) is 17.6. The summed E-state index contributed by atoms with van der Waals surface area (Å²) in [5.41, 5.74) is 2.49. The highest BCUT2D eigenvalue weighted by Gasteiger charge is 2.46. The van der Waals surface area contributed by atoms with Gasteiger partial charge in [0.25, 0.3) is 11.7 Å². The number of amides is 1. The highest BCUT2D eigenvalue weighted by Crippen LogP contribution is 2.42. The minimum absolute atomic E-state index is 0.0132. The molecule has 2 heterocycles. The molecule has 2 aromatic carbocycles. The Bertz CT molecular complexity index is 1220. The third-order valence-electron chi connectivity index (χ3n) is 5.50. The molecule has 1 aromatic heterocycles. The molecule has 162 valence electrons. The second kappa shape index (κ2) is 8.85. The Morgan fingerprint density at radius 2 is 1.88 bits per heavy atom. The summed E-state index contributed by atoms with van der Waals surface area (Å²) in [6.07, 6.45) is 1.63. The Morgan fingerprint density at radius 3 is 2.56 bits per heavy atom. The fourth-order valence-corrected chi connectivity index (χ4v) is 4.11. The molecule has 3 aromatic rings. The summed E-state index contributed by atoms with van der Waals surface area (Å²) in [4.78, 5) is 32.1. The molecule has 1 atom stereocenters. The average molecular weight is 449 g/mol. The molecule has 1 aliphatic heterocycles. The van der Waals surface area contributed by atoms with Crippen LogP contribution in [0.15, 0.2) is 72.4 Å². The van der Waals surface area contributed by atoms with Crippen molar-refractivity contribution in [3.05, 3.63) is 99.8 Å². The van der Waals surface area contributed by atoms with Crippen molar-refractivity contribution >= 4 is 29.1 Å². The number of benzene rings is 2. The molecule has 1 amide bonds. The van der Waals surface area contributed by atoms with Crippen LogP contribution < -0.4 is 4.74 Å². The summed E-state index contributed by atoms with van der Waals surface area (Å²) in [5, 5.41) is 11.6. The minimum atomic E-state index is -0.790. The predicted octanol–water partition coefficient (Wildman–Crippen LogP) is 4.67. The molecule has 4 rings (SSSR count). The van der Waals surface area contributed by atoms with Gasteiger partial charge in [0.15, 0.2) is 0 Å². The fourth-order valence-electron chi connectivity index (χ4n) is 3.94. The fraction of sp³-hybridized carbons (Fsp3) is 0.160. The standard InChI is InChI=1S/C25H21ClN2O4/c1-15-7-3-4-9-18(15)22-21(23(29)19-13-16(26)10-11-20(19)32-2)24(30)25(31)28(22)14-17-8-5-6-12-27-17/h3-13,22,29H,14H2,1-2H3/b23-21+. The number of hydrogen-bond acceptors (Lipinski definition) is 5. The first-order valence-electron chi connectivity index (χ1n) is 10.00. The van der Waals surface area contributed by atoms with Crippen LogP contribution in [0.1, 0.15) is 28.4 Å². The lowest BCUT2D eigenvalue weighted by Gasteiger charge is -2.26. The molecule has 0 spiro atoms. The van der Waals surface area contributed by atoms with Crippen LogP contribution in [0.4, 0.5) is 0 Å². The second-order valence-corrected chi connectivity index (χ2v) is 7.89. The summed E-state index contributed by atoms with van der Waals surface area (Å²) in [6, 6.07) is 16.8. The smallest absolute Gasteiger partial charge is 0.296 e. The molecule has 0 aliphatic carbocycles. The van der Waals surface area contributed by atoms with Crippen LogP contribution in [0.2, 0.25) is 5.02 Å². The number of aryl methyl sites for hydroxylation is 1. The number of carbonyl (C=O) groups is 2. The Kier molecular flexibility index (Phi) is 5.97. The van der Waals surface area contributed by atoms with Gasteiger partial charge in [-0.15, -0.1) is 0 Å². The van der Waals surface area contributed by atoms with Gasteiger partial charge in [-0.25, -0.2) is 0 Å². The molecule has 1 fully saturated rings. The number of carbonyl (C=O) groups excluding carboxylic acids is 2. The SMILES string of the molecule is COc1ccc(Cl)cc1/C(O)=C1\C(=O)C(=O)N(Cc2ccccn2)C1c1ccccc1C. The van der Waals surface area contributed by atoms with E-state index in [0.717, 1.165) is 11.1 Å². The number of likely N-dealkylation sites (tertiary alicyclic amines) is 1. The number of halogens is 1. The maximum absolute atomic E-state index is 13.2. The maximum atomic E-state index is 13.2. The van der Waals surface area contributed by atoms with Crippen LogP contribution in [0.5, 0.6) is 5.75 Å². The number of aliphatic hydroxyl groups excluding tert-OH is 1. The van der Waals surface area contributed by atoms with E-state index in [1.807, 2.05) is 37.3 Å². The number of hydrogen-bond donors (Lipinski definition) is 1. The highest BCUT2D eigenvalue weighted by atomic mass is 35.5. The summed E-state index contributed by atoms with van der Waals surface area (Å²) in [6.45, 7) is 2.02. The van der Waals surface area contributed by atoms with Crippen molar-refractivity contribution in [3.63, 3.8) is 0 Å². The van der Waals surface area contributed by atoms with Crippen molar-refractivity contribution in [1.29, 1.82) is 0 Å². The number of rotatable bonds is 5. The summed E-state index contributed by atoms with van der Waals surface area (Å²) >= 11 is 6.14. The number of aliphatic hydroxyl groups is 1. The molecule has 32 heavy (non-hydrogen) atoms. The van der Waals surface area contributed by atoms with Crippen molar-refractivity contribution in [2.75, 3.05) is 7.11 Å². The number of ketones is 1. The van der Waals surface area contributed by atoms with Crippen LogP contribution in [-0.2, 0) is 16.1 Å². The molecule has 6 nitrogen and oxygen atoms in total. The third kappa shape index (κ3) is 3.85. The molecule has 0 saturated carbocycles. The van der Waals surface area contributed by atoms with Gasteiger partial charge >= 0.3 is 0 Å². The molecule has 7 heteroatoms. The van der Waals surface area contributed by atoms with Gasteiger partial charge in [0.1, 0.15) is 11.5 Å². The topological polar surface area (TPSA) is 79.7 Å². The molecule has 1 N–H and O–H groups in total. The lowest BCUT2D eigenvalue weighted by Crippen LogP contribution is -2.29. The Labute approximate surface area is 190 Å². The second-order valence-electron chi connectivity index (χ2n) is 7.45. The number of nitrogens with zero attached hydrogens (tertiary/aromatic N) is 2. The Balaban J connectivity index is 1.93. The van der Waals surface area contributed by atoms with Crippen molar-refractivity contribution in [2.24, 2.45) is 0 Å². The first-order valence-corrected chi connectivity index (χ1v) is 10.4. The van der Waals surface area contributed by atoms with Gasteiger partial charge in [-0.1, -0.05) is 41.9 Å². The lowest BCUT2D eigenvalue weighted by molar-refractivity contribution is -0.140. The third-order valence-corrected chi connectivity index (χ3v) is 5.73. The van der Waals surface area contributed by atoms with Gasteiger partial charge in [0.05, 0.1) is 36.5 Å². The van der Waals surface area contributed by atoms with Crippen molar-refractivity contribution in [1.82, 2.24) is 9.88 Å². The van der Waals surface area contributed by atoms with Crippen molar-refractivity contribution < 1.29 is 19.4 Å². The van der Waals surface area contributed by atoms with Crippen LogP contribution in [-0.4, -0.2) is 33.8 Å². The van der Waals surface area contributed by atoms with Crippen molar-refractivity contribution in [2.45, 2.75) is 19.5 Å². The quantitative estimate of drug-likeness (QED) is 0.348. The zero-order valence-electron chi connectivity index (χ0n) is 17.6. The molecular weight excluding hydrogens is 428 g/mol. The molecule has 1 saturated heterocycles. The average Bonchev–Trinajstić information content (AvgIpc) is 3.04. The Hall–Kier alpha value is -3.64. The molecule has 0 radical (unpaired) electrons.